The number of carbonyl (C=O) groups is 1. The zero-order chi connectivity index (χ0) is 23.3. The van der Waals surface area contributed by atoms with Gasteiger partial charge in [0.25, 0.3) is 5.91 Å². The number of sulfonamides is 1. The molecule has 0 saturated heterocycles. The van der Waals surface area contributed by atoms with Gasteiger partial charge in [-0.3, -0.25) is 4.79 Å². The summed E-state index contributed by atoms with van der Waals surface area (Å²) < 4.78 is 38.9. The first-order valence-electron chi connectivity index (χ1n) is 11.0. The van der Waals surface area contributed by atoms with Crippen LogP contribution in [0.4, 0.5) is 5.69 Å². The summed E-state index contributed by atoms with van der Waals surface area (Å²) in [5, 5.41) is 2.78. The third-order valence-electron chi connectivity index (χ3n) is 5.39. The number of ether oxygens (including phenoxy) is 2. The van der Waals surface area contributed by atoms with Crippen molar-refractivity contribution in [3.63, 3.8) is 0 Å². The van der Waals surface area contributed by atoms with E-state index in [1.54, 1.807) is 13.8 Å². The molecule has 8 heteroatoms. The van der Waals surface area contributed by atoms with Crippen LogP contribution in [0.25, 0.3) is 0 Å². The smallest absolute Gasteiger partial charge is 0.265 e. The Kier molecular flexibility index (Phi) is 7.79. The number of benzene rings is 2. The standard InChI is InChI=1S/C24H32N2O5S/c1-5-22(31-19-11-10-17-8-6-7-9-18(17)14-19)24(27)25-21-15-20(12-13-23(21)30-4)32(28,29)26-16(2)3/h10-16,22,26H,5-9H2,1-4H3,(H,25,27). The Balaban J connectivity index is 1.79. The molecule has 174 valence electrons. The highest BCUT2D eigenvalue weighted by atomic mass is 32.2. The number of anilines is 1. The Morgan fingerprint density at radius 3 is 2.44 bits per heavy atom. The van der Waals surface area contributed by atoms with Crippen molar-refractivity contribution in [3.8, 4) is 11.5 Å². The number of methoxy groups -OCH3 is 1. The van der Waals surface area contributed by atoms with Crippen LogP contribution in [-0.4, -0.2) is 33.6 Å². The molecule has 2 N–H and O–H groups in total. The molecule has 0 radical (unpaired) electrons. The Morgan fingerprint density at radius 2 is 1.78 bits per heavy atom. The van der Waals surface area contributed by atoms with E-state index >= 15 is 0 Å². The summed E-state index contributed by atoms with van der Waals surface area (Å²) in [6, 6.07) is 10.1. The van der Waals surface area contributed by atoms with Crippen LogP contribution in [0.15, 0.2) is 41.3 Å². The third-order valence-corrected chi connectivity index (χ3v) is 7.05. The molecule has 0 aromatic heterocycles. The Hall–Kier alpha value is -2.58. The fourth-order valence-corrected chi connectivity index (χ4v) is 5.09. The highest BCUT2D eigenvalue weighted by Gasteiger charge is 2.23. The monoisotopic (exact) mass is 460 g/mol. The molecule has 1 aliphatic rings. The van der Waals surface area contributed by atoms with Gasteiger partial charge in [-0.1, -0.05) is 13.0 Å². The van der Waals surface area contributed by atoms with Crippen LogP contribution in [0.5, 0.6) is 11.5 Å². The van der Waals surface area contributed by atoms with Gasteiger partial charge >= 0.3 is 0 Å². The van der Waals surface area contributed by atoms with E-state index in [0.29, 0.717) is 17.9 Å². The number of rotatable bonds is 9. The van der Waals surface area contributed by atoms with E-state index in [1.165, 1.54) is 49.3 Å². The summed E-state index contributed by atoms with van der Waals surface area (Å²) in [5.41, 5.74) is 2.90. The summed E-state index contributed by atoms with van der Waals surface area (Å²) in [4.78, 5) is 13.0. The van der Waals surface area contributed by atoms with Gasteiger partial charge in [0.05, 0.1) is 17.7 Å². The summed E-state index contributed by atoms with van der Waals surface area (Å²) in [7, 11) is -2.25. The highest BCUT2D eigenvalue weighted by molar-refractivity contribution is 7.89. The van der Waals surface area contributed by atoms with Crippen molar-refractivity contribution in [2.75, 3.05) is 12.4 Å². The van der Waals surface area contributed by atoms with Gasteiger partial charge in [0, 0.05) is 6.04 Å². The summed E-state index contributed by atoms with van der Waals surface area (Å²) in [5.74, 6) is 0.664. The van der Waals surface area contributed by atoms with E-state index in [9.17, 15) is 13.2 Å². The lowest BCUT2D eigenvalue weighted by Gasteiger charge is -2.21. The van der Waals surface area contributed by atoms with E-state index in [0.717, 1.165) is 12.8 Å². The Bertz CT molecular complexity index is 1070. The first-order chi connectivity index (χ1) is 15.2. The van der Waals surface area contributed by atoms with Gasteiger partial charge in [-0.25, -0.2) is 13.1 Å². The molecule has 0 heterocycles. The molecule has 0 fully saturated rings. The minimum absolute atomic E-state index is 0.0472. The molecule has 1 atom stereocenters. The average molecular weight is 461 g/mol. The predicted octanol–water partition coefficient (Wildman–Crippen LogP) is 4.06. The average Bonchev–Trinajstić information content (AvgIpc) is 2.76. The molecule has 0 saturated carbocycles. The van der Waals surface area contributed by atoms with Gasteiger partial charge in [0.1, 0.15) is 11.5 Å². The van der Waals surface area contributed by atoms with Gasteiger partial charge in [-0.2, -0.15) is 0 Å². The van der Waals surface area contributed by atoms with Crippen LogP contribution in [0.2, 0.25) is 0 Å². The van der Waals surface area contributed by atoms with E-state index < -0.39 is 16.1 Å². The fourth-order valence-electron chi connectivity index (χ4n) is 3.81. The normalized spacial score (nSPS) is 14.5. The molecule has 0 aliphatic heterocycles. The zero-order valence-electron chi connectivity index (χ0n) is 19.1. The van der Waals surface area contributed by atoms with E-state index in [4.69, 9.17) is 9.47 Å². The molecule has 3 rings (SSSR count). The molecule has 2 aromatic rings. The van der Waals surface area contributed by atoms with E-state index in [2.05, 4.69) is 16.1 Å². The predicted molar refractivity (Wildman–Crippen MR) is 125 cm³/mol. The molecule has 7 nitrogen and oxygen atoms in total. The van der Waals surface area contributed by atoms with Gasteiger partial charge in [-0.15, -0.1) is 0 Å². The number of nitrogens with one attached hydrogen (secondary N) is 2. The maximum atomic E-state index is 13.0. The molecule has 1 unspecified atom stereocenters. The number of fused-ring (bicyclic) bond motifs is 1. The maximum absolute atomic E-state index is 13.0. The van der Waals surface area contributed by atoms with E-state index in [1.807, 2.05) is 19.1 Å². The van der Waals surface area contributed by atoms with Crippen LogP contribution >= 0.6 is 0 Å². The van der Waals surface area contributed by atoms with Crippen LogP contribution < -0.4 is 19.5 Å². The summed E-state index contributed by atoms with van der Waals surface area (Å²) >= 11 is 0. The van der Waals surface area contributed by atoms with Crippen LogP contribution in [-0.2, 0) is 27.7 Å². The molecule has 0 bridgehead atoms. The number of hydrogen-bond acceptors (Lipinski definition) is 5. The second-order valence-electron chi connectivity index (χ2n) is 8.28. The summed E-state index contributed by atoms with van der Waals surface area (Å²) in [6.07, 6.45) is 4.21. The molecule has 1 amide bonds. The lowest BCUT2D eigenvalue weighted by molar-refractivity contribution is -0.122. The van der Waals surface area contributed by atoms with Crippen LogP contribution in [0, 0.1) is 0 Å². The van der Waals surface area contributed by atoms with Gasteiger partial charge in [0.2, 0.25) is 10.0 Å². The third kappa shape index (κ3) is 5.81. The molecule has 0 spiro atoms. The van der Waals surface area contributed by atoms with Gasteiger partial charge in [0.15, 0.2) is 6.10 Å². The topological polar surface area (TPSA) is 93.7 Å². The lowest BCUT2D eigenvalue weighted by atomic mass is 9.92. The SMILES string of the molecule is CCC(Oc1ccc2c(c1)CCCC2)C(=O)Nc1cc(S(=O)(=O)NC(C)C)ccc1OC. The number of hydrogen-bond donors (Lipinski definition) is 2. The number of amides is 1. The van der Waals surface area contributed by atoms with E-state index in [-0.39, 0.29) is 22.5 Å². The summed E-state index contributed by atoms with van der Waals surface area (Å²) in [6.45, 7) is 5.36. The lowest BCUT2D eigenvalue weighted by Crippen LogP contribution is -2.33. The molecule has 32 heavy (non-hydrogen) atoms. The van der Waals surface area contributed by atoms with Gasteiger partial charge < -0.3 is 14.8 Å². The quantitative estimate of drug-likeness (QED) is 0.589. The second-order valence-corrected chi connectivity index (χ2v) is 9.99. The van der Waals surface area contributed by atoms with Gasteiger partial charge in [-0.05, 0) is 87.4 Å². The van der Waals surface area contributed by atoms with Crippen molar-refractivity contribution in [2.45, 2.75) is 69.9 Å². The first-order valence-corrected chi connectivity index (χ1v) is 12.5. The number of carbonyl (C=O) groups excluding carboxylic acids is 1. The first kappa shape index (κ1) is 24.1. The minimum atomic E-state index is -3.71. The maximum Gasteiger partial charge on any atom is 0.265 e. The van der Waals surface area contributed by atoms with Crippen molar-refractivity contribution in [2.24, 2.45) is 0 Å². The molecular weight excluding hydrogens is 428 g/mol. The Labute approximate surface area is 190 Å². The highest BCUT2D eigenvalue weighted by Crippen LogP contribution is 2.29. The Morgan fingerprint density at radius 1 is 1.06 bits per heavy atom. The molecule has 1 aliphatic carbocycles. The second kappa shape index (κ2) is 10.4. The largest absolute Gasteiger partial charge is 0.495 e. The van der Waals surface area contributed by atoms with Crippen molar-refractivity contribution in [1.29, 1.82) is 0 Å². The minimum Gasteiger partial charge on any atom is -0.495 e. The number of aryl methyl sites for hydroxylation is 2. The molecule has 2 aromatic carbocycles. The van der Waals surface area contributed by atoms with Crippen LogP contribution in [0.1, 0.15) is 51.2 Å². The van der Waals surface area contributed by atoms with Crippen molar-refractivity contribution < 1.29 is 22.7 Å². The van der Waals surface area contributed by atoms with Crippen LogP contribution in [0.3, 0.4) is 0 Å². The van der Waals surface area contributed by atoms with Crippen molar-refractivity contribution >= 4 is 21.6 Å². The van der Waals surface area contributed by atoms with Crippen molar-refractivity contribution in [3.05, 3.63) is 47.5 Å². The van der Waals surface area contributed by atoms with Crippen molar-refractivity contribution in [1.82, 2.24) is 4.72 Å². The fraction of sp³-hybridized carbons (Fsp3) is 0.458. The zero-order valence-corrected chi connectivity index (χ0v) is 19.9. The molecular formula is C24H32N2O5S.